The number of hydrogen-bond donors (Lipinski definition) is 2. The number of nitrogens with zero attached hydrogens (tertiary/aromatic N) is 1. The molecule has 8 nitrogen and oxygen atoms in total. The van der Waals surface area contributed by atoms with E-state index in [0.29, 0.717) is 31.0 Å². The molecule has 0 spiro atoms. The van der Waals surface area contributed by atoms with Crippen LogP contribution in [0.5, 0.6) is 0 Å². The van der Waals surface area contributed by atoms with E-state index in [2.05, 4.69) is 15.5 Å². The molecule has 1 saturated heterocycles. The molecule has 0 saturated carbocycles. The highest BCUT2D eigenvalue weighted by Crippen LogP contribution is 2.27. The van der Waals surface area contributed by atoms with Gasteiger partial charge in [-0.2, -0.15) is 0 Å². The standard InChI is InChI=1S/C22H33N3O5/c1-3-30-21(27)11-10-20(26)24-17-8-9-19(25-13-5-4-6-14-25)18(16-17)22(28)23-12-7-15-29-2/h8-9,16H,3-7,10-15H2,1-2H3,(H,23,28)(H,24,26). The third-order valence-electron chi connectivity index (χ3n) is 4.89. The van der Waals surface area contributed by atoms with E-state index in [4.69, 9.17) is 9.47 Å². The Morgan fingerprint density at radius 1 is 1.10 bits per heavy atom. The Morgan fingerprint density at radius 3 is 2.57 bits per heavy atom. The second kappa shape index (κ2) is 12.8. The maximum Gasteiger partial charge on any atom is 0.306 e. The average molecular weight is 420 g/mol. The summed E-state index contributed by atoms with van der Waals surface area (Å²) in [4.78, 5) is 38.7. The molecule has 0 atom stereocenters. The van der Waals surface area contributed by atoms with Gasteiger partial charge in [-0.3, -0.25) is 14.4 Å². The van der Waals surface area contributed by atoms with Gasteiger partial charge in [0.15, 0.2) is 0 Å². The molecule has 0 aromatic heterocycles. The van der Waals surface area contributed by atoms with Gasteiger partial charge in [0.25, 0.3) is 5.91 Å². The van der Waals surface area contributed by atoms with Gasteiger partial charge in [-0.05, 0) is 50.8 Å². The Bertz CT molecular complexity index is 717. The number of anilines is 2. The fraction of sp³-hybridized carbons (Fsp3) is 0.591. The summed E-state index contributed by atoms with van der Waals surface area (Å²) in [5.41, 5.74) is 1.95. The quantitative estimate of drug-likeness (QED) is 0.423. The second-order valence-corrected chi connectivity index (χ2v) is 7.24. The Balaban J connectivity index is 2.09. The minimum Gasteiger partial charge on any atom is -0.466 e. The monoisotopic (exact) mass is 419 g/mol. The first-order valence-electron chi connectivity index (χ1n) is 10.7. The summed E-state index contributed by atoms with van der Waals surface area (Å²) >= 11 is 0. The zero-order chi connectivity index (χ0) is 21.8. The number of hydrogen-bond acceptors (Lipinski definition) is 6. The third kappa shape index (κ3) is 7.67. The van der Waals surface area contributed by atoms with Gasteiger partial charge >= 0.3 is 5.97 Å². The first kappa shape index (κ1) is 23.7. The lowest BCUT2D eigenvalue weighted by molar-refractivity contribution is -0.144. The summed E-state index contributed by atoms with van der Waals surface area (Å²) in [6.45, 7) is 4.94. The zero-order valence-corrected chi connectivity index (χ0v) is 18.0. The maximum atomic E-state index is 12.8. The Labute approximate surface area is 178 Å². The number of piperidine rings is 1. The Kier molecular flexibility index (Phi) is 10.1. The van der Waals surface area contributed by atoms with Gasteiger partial charge in [0.05, 0.1) is 18.6 Å². The lowest BCUT2D eigenvalue weighted by Gasteiger charge is -2.30. The number of carbonyl (C=O) groups excluding carboxylic acids is 3. The minimum absolute atomic E-state index is 0.0262. The van der Waals surface area contributed by atoms with E-state index in [1.54, 1.807) is 26.2 Å². The molecule has 1 aliphatic rings. The highest BCUT2D eigenvalue weighted by molar-refractivity contribution is 6.02. The lowest BCUT2D eigenvalue weighted by atomic mass is 10.1. The van der Waals surface area contributed by atoms with Crippen molar-refractivity contribution in [2.24, 2.45) is 0 Å². The van der Waals surface area contributed by atoms with Crippen LogP contribution in [0, 0.1) is 0 Å². The molecule has 1 fully saturated rings. The fourth-order valence-corrected chi connectivity index (χ4v) is 3.39. The molecule has 2 amide bonds. The smallest absolute Gasteiger partial charge is 0.306 e. The lowest BCUT2D eigenvalue weighted by Crippen LogP contribution is -2.33. The first-order valence-corrected chi connectivity index (χ1v) is 10.7. The van der Waals surface area contributed by atoms with Gasteiger partial charge in [-0.25, -0.2) is 0 Å². The van der Waals surface area contributed by atoms with Gasteiger partial charge in [0, 0.05) is 51.1 Å². The van der Waals surface area contributed by atoms with Gasteiger partial charge in [-0.1, -0.05) is 0 Å². The summed E-state index contributed by atoms with van der Waals surface area (Å²) in [7, 11) is 1.63. The maximum absolute atomic E-state index is 12.8. The van der Waals surface area contributed by atoms with Crippen molar-refractivity contribution in [2.75, 3.05) is 50.2 Å². The average Bonchev–Trinajstić information content (AvgIpc) is 2.76. The predicted molar refractivity (Wildman–Crippen MR) is 116 cm³/mol. The molecule has 8 heteroatoms. The topological polar surface area (TPSA) is 97.0 Å². The van der Waals surface area contributed by atoms with Crippen molar-refractivity contribution >= 4 is 29.2 Å². The molecule has 2 rings (SSSR count). The largest absolute Gasteiger partial charge is 0.466 e. The van der Waals surface area contributed by atoms with Crippen LogP contribution in [0.2, 0.25) is 0 Å². The number of rotatable bonds is 11. The molecular weight excluding hydrogens is 386 g/mol. The van der Waals surface area contributed by atoms with Crippen LogP contribution in [-0.2, 0) is 19.1 Å². The van der Waals surface area contributed by atoms with Crippen molar-refractivity contribution in [2.45, 2.75) is 45.4 Å². The molecular formula is C22H33N3O5. The summed E-state index contributed by atoms with van der Waals surface area (Å²) in [5, 5.41) is 5.70. The highest BCUT2D eigenvalue weighted by atomic mass is 16.5. The summed E-state index contributed by atoms with van der Waals surface area (Å²) in [6.07, 6.45) is 4.18. The van der Waals surface area contributed by atoms with E-state index in [1.165, 1.54) is 6.42 Å². The van der Waals surface area contributed by atoms with Gasteiger partial charge < -0.3 is 25.0 Å². The number of ether oxygens (including phenoxy) is 2. The van der Waals surface area contributed by atoms with Crippen LogP contribution in [0.1, 0.15) is 55.8 Å². The number of methoxy groups -OCH3 is 1. The summed E-state index contributed by atoms with van der Waals surface area (Å²) in [5.74, 6) is -0.862. The number of carbonyl (C=O) groups is 3. The predicted octanol–water partition coefficient (Wildman–Crippen LogP) is 2.73. The summed E-state index contributed by atoms with van der Waals surface area (Å²) in [6, 6.07) is 5.39. The van der Waals surface area contributed by atoms with Crippen LogP contribution >= 0.6 is 0 Å². The number of benzene rings is 1. The van der Waals surface area contributed by atoms with Crippen LogP contribution < -0.4 is 15.5 Å². The number of esters is 1. The third-order valence-corrected chi connectivity index (χ3v) is 4.89. The van der Waals surface area contributed by atoms with E-state index in [9.17, 15) is 14.4 Å². The van der Waals surface area contributed by atoms with Crippen LogP contribution in [0.4, 0.5) is 11.4 Å². The molecule has 2 N–H and O–H groups in total. The Hall–Kier alpha value is -2.61. The summed E-state index contributed by atoms with van der Waals surface area (Å²) < 4.78 is 9.87. The van der Waals surface area contributed by atoms with Crippen molar-refractivity contribution in [1.29, 1.82) is 0 Å². The van der Waals surface area contributed by atoms with Crippen LogP contribution in [0.15, 0.2) is 18.2 Å². The van der Waals surface area contributed by atoms with Crippen molar-refractivity contribution in [1.82, 2.24) is 5.32 Å². The zero-order valence-electron chi connectivity index (χ0n) is 18.0. The number of nitrogens with one attached hydrogen (secondary N) is 2. The second-order valence-electron chi connectivity index (χ2n) is 7.24. The Morgan fingerprint density at radius 2 is 1.87 bits per heavy atom. The molecule has 0 radical (unpaired) electrons. The van der Waals surface area contributed by atoms with Gasteiger partial charge in [0.1, 0.15) is 0 Å². The molecule has 1 heterocycles. The van der Waals surface area contributed by atoms with Gasteiger partial charge in [-0.15, -0.1) is 0 Å². The highest BCUT2D eigenvalue weighted by Gasteiger charge is 2.19. The van der Waals surface area contributed by atoms with E-state index >= 15 is 0 Å². The van der Waals surface area contributed by atoms with Crippen molar-refractivity contribution in [3.63, 3.8) is 0 Å². The van der Waals surface area contributed by atoms with Crippen molar-refractivity contribution in [3.05, 3.63) is 23.8 Å². The molecule has 30 heavy (non-hydrogen) atoms. The van der Waals surface area contributed by atoms with Crippen LogP contribution in [0.3, 0.4) is 0 Å². The molecule has 1 aromatic rings. The van der Waals surface area contributed by atoms with E-state index < -0.39 is 5.97 Å². The molecule has 0 unspecified atom stereocenters. The molecule has 1 aromatic carbocycles. The van der Waals surface area contributed by atoms with E-state index in [1.807, 2.05) is 6.07 Å². The number of amides is 2. The van der Waals surface area contributed by atoms with E-state index in [-0.39, 0.29) is 24.7 Å². The van der Waals surface area contributed by atoms with Crippen LogP contribution in [-0.4, -0.2) is 57.7 Å². The molecule has 166 valence electrons. The fourth-order valence-electron chi connectivity index (χ4n) is 3.39. The van der Waals surface area contributed by atoms with E-state index in [0.717, 1.165) is 38.0 Å². The molecule has 0 bridgehead atoms. The molecule has 0 aliphatic carbocycles. The molecule has 1 aliphatic heterocycles. The minimum atomic E-state index is -0.399. The SMILES string of the molecule is CCOC(=O)CCC(=O)Nc1ccc(N2CCCCC2)c(C(=O)NCCCOC)c1. The first-order chi connectivity index (χ1) is 14.5. The van der Waals surface area contributed by atoms with Crippen molar-refractivity contribution in [3.8, 4) is 0 Å². The normalized spacial score (nSPS) is 13.6. The van der Waals surface area contributed by atoms with Crippen molar-refractivity contribution < 1.29 is 23.9 Å². The van der Waals surface area contributed by atoms with Gasteiger partial charge in [0.2, 0.25) is 5.91 Å². The van der Waals surface area contributed by atoms with Crippen LogP contribution in [0.25, 0.3) is 0 Å².